The van der Waals surface area contributed by atoms with Gasteiger partial charge in [-0.25, -0.2) is 8.78 Å². The van der Waals surface area contributed by atoms with Crippen LogP contribution in [0.25, 0.3) is 22.3 Å². The van der Waals surface area contributed by atoms with Crippen molar-refractivity contribution in [1.82, 2.24) is 20.2 Å². The minimum absolute atomic E-state index is 0.0575. The fourth-order valence-electron chi connectivity index (χ4n) is 2.74. The van der Waals surface area contributed by atoms with Gasteiger partial charge in [-0.3, -0.25) is 5.10 Å². The van der Waals surface area contributed by atoms with E-state index in [0.717, 1.165) is 12.1 Å². The SMILES string of the molecule is CC(O)COc1nc(Oc2ccc(F)cc2F)nc2n[nH]c(-c3ccccc3Cl)c12. The number of aromatic nitrogens is 4. The number of halogens is 3. The molecule has 2 N–H and O–H groups in total. The molecular weight excluding hydrogens is 418 g/mol. The molecule has 0 fully saturated rings. The van der Waals surface area contributed by atoms with E-state index in [0.29, 0.717) is 27.7 Å². The van der Waals surface area contributed by atoms with E-state index in [9.17, 15) is 13.9 Å². The van der Waals surface area contributed by atoms with Crippen LogP contribution < -0.4 is 9.47 Å². The molecular formula is C20H15ClF2N4O3. The summed E-state index contributed by atoms with van der Waals surface area (Å²) in [5, 5.41) is 17.5. The Kier molecular flexibility index (Phi) is 5.47. The number of hydrogen-bond donors (Lipinski definition) is 2. The molecule has 10 heteroatoms. The zero-order chi connectivity index (χ0) is 21.3. The predicted molar refractivity (Wildman–Crippen MR) is 106 cm³/mol. The number of aliphatic hydroxyl groups excluding tert-OH is 1. The molecule has 0 amide bonds. The summed E-state index contributed by atoms with van der Waals surface area (Å²) in [6.07, 6.45) is -0.774. The normalized spacial score (nSPS) is 12.2. The first-order valence-corrected chi connectivity index (χ1v) is 9.25. The topological polar surface area (TPSA) is 93.2 Å². The van der Waals surface area contributed by atoms with Crippen molar-refractivity contribution in [3.05, 3.63) is 59.1 Å². The van der Waals surface area contributed by atoms with Crippen LogP contribution in [0.5, 0.6) is 17.6 Å². The molecule has 0 aliphatic heterocycles. The molecule has 0 spiro atoms. The highest BCUT2D eigenvalue weighted by Crippen LogP contribution is 2.36. The maximum absolute atomic E-state index is 14.0. The monoisotopic (exact) mass is 432 g/mol. The highest BCUT2D eigenvalue weighted by molar-refractivity contribution is 6.33. The van der Waals surface area contributed by atoms with Crippen LogP contribution in [0.15, 0.2) is 42.5 Å². The first kappa shape index (κ1) is 20.0. The summed E-state index contributed by atoms with van der Waals surface area (Å²) >= 11 is 6.30. The van der Waals surface area contributed by atoms with Gasteiger partial charge in [-0.05, 0) is 25.1 Å². The number of hydrogen-bond acceptors (Lipinski definition) is 6. The van der Waals surface area contributed by atoms with Gasteiger partial charge in [0.05, 0.1) is 11.8 Å². The Labute approximate surface area is 174 Å². The zero-order valence-corrected chi connectivity index (χ0v) is 16.3. The lowest BCUT2D eigenvalue weighted by atomic mass is 10.1. The quantitative estimate of drug-likeness (QED) is 0.466. The summed E-state index contributed by atoms with van der Waals surface area (Å²) in [5.41, 5.74) is 1.33. The summed E-state index contributed by atoms with van der Waals surface area (Å²) in [5.74, 6) is -1.86. The van der Waals surface area contributed by atoms with Crippen molar-refractivity contribution in [2.75, 3.05) is 6.61 Å². The van der Waals surface area contributed by atoms with E-state index in [2.05, 4.69) is 20.2 Å². The average molecular weight is 433 g/mol. The summed E-state index contributed by atoms with van der Waals surface area (Å²) in [7, 11) is 0. The molecule has 1 unspecified atom stereocenters. The van der Waals surface area contributed by atoms with Crippen LogP contribution in [-0.4, -0.2) is 38.0 Å². The van der Waals surface area contributed by atoms with Crippen LogP contribution in [0.1, 0.15) is 6.92 Å². The minimum atomic E-state index is -0.913. The second kappa shape index (κ2) is 8.21. The van der Waals surface area contributed by atoms with Crippen LogP contribution >= 0.6 is 11.6 Å². The van der Waals surface area contributed by atoms with Crippen molar-refractivity contribution >= 4 is 22.6 Å². The molecule has 4 rings (SSSR count). The van der Waals surface area contributed by atoms with Crippen molar-refractivity contribution in [2.45, 2.75) is 13.0 Å². The molecule has 7 nitrogen and oxygen atoms in total. The Morgan fingerprint density at radius 1 is 1.17 bits per heavy atom. The van der Waals surface area contributed by atoms with Crippen LogP contribution in [0.4, 0.5) is 8.78 Å². The largest absolute Gasteiger partial charge is 0.474 e. The highest BCUT2D eigenvalue weighted by Gasteiger charge is 2.21. The smallest absolute Gasteiger partial charge is 0.327 e. The van der Waals surface area contributed by atoms with Crippen LogP contribution in [0.3, 0.4) is 0 Å². The van der Waals surface area contributed by atoms with E-state index in [1.54, 1.807) is 31.2 Å². The molecule has 0 aliphatic carbocycles. The van der Waals surface area contributed by atoms with Gasteiger partial charge in [0, 0.05) is 16.7 Å². The van der Waals surface area contributed by atoms with Crippen molar-refractivity contribution < 1.29 is 23.4 Å². The Bertz CT molecular complexity index is 1220. The number of aromatic amines is 1. The highest BCUT2D eigenvalue weighted by atomic mass is 35.5. The van der Waals surface area contributed by atoms with Crippen LogP contribution in [0.2, 0.25) is 5.02 Å². The third-order valence-corrected chi connectivity index (χ3v) is 4.39. The van der Waals surface area contributed by atoms with E-state index >= 15 is 0 Å². The molecule has 0 saturated carbocycles. The second-order valence-electron chi connectivity index (χ2n) is 6.43. The fourth-order valence-corrected chi connectivity index (χ4v) is 2.97. The molecule has 2 heterocycles. The molecule has 2 aromatic heterocycles. The third-order valence-electron chi connectivity index (χ3n) is 4.06. The van der Waals surface area contributed by atoms with Gasteiger partial charge in [0.1, 0.15) is 17.8 Å². The average Bonchev–Trinajstić information content (AvgIpc) is 3.12. The van der Waals surface area contributed by atoms with Crippen molar-refractivity contribution in [2.24, 2.45) is 0 Å². The second-order valence-corrected chi connectivity index (χ2v) is 6.83. The lowest BCUT2D eigenvalue weighted by Gasteiger charge is -2.11. The summed E-state index contributed by atoms with van der Waals surface area (Å²) in [6.45, 7) is 1.48. The van der Waals surface area contributed by atoms with Gasteiger partial charge in [0.15, 0.2) is 17.2 Å². The van der Waals surface area contributed by atoms with Gasteiger partial charge in [-0.2, -0.15) is 15.1 Å². The van der Waals surface area contributed by atoms with Crippen LogP contribution in [-0.2, 0) is 0 Å². The van der Waals surface area contributed by atoms with Gasteiger partial charge >= 0.3 is 6.01 Å². The fraction of sp³-hybridized carbons (Fsp3) is 0.150. The maximum atomic E-state index is 14.0. The van der Waals surface area contributed by atoms with Crippen molar-refractivity contribution in [3.63, 3.8) is 0 Å². The molecule has 154 valence electrons. The first-order valence-electron chi connectivity index (χ1n) is 8.87. The Morgan fingerprint density at radius 2 is 1.97 bits per heavy atom. The van der Waals surface area contributed by atoms with E-state index in [4.69, 9.17) is 21.1 Å². The van der Waals surface area contributed by atoms with Gasteiger partial charge in [0.2, 0.25) is 5.88 Å². The Hall–Kier alpha value is -3.30. The number of nitrogens with zero attached hydrogens (tertiary/aromatic N) is 3. The first-order chi connectivity index (χ1) is 14.4. The molecule has 0 saturated heterocycles. The predicted octanol–water partition coefficient (Wildman–Crippen LogP) is 4.50. The number of rotatable bonds is 6. The van der Waals surface area contributed by atoms with E-state index in [-0.39, 0.29) is 29.9 Å². The number of nitrogens with one attached hydrogen (secondary N) is 1. The molecule has 0 bridgehead atoms. The lowest BCUT2D eigenvalue weighted by molar-refractivity contribution is 0.120. The Morgan fingerprint density at radius 3 is 2.70 bits per heavy atom. The number of aliphatic hydroxyl groups is 1. The van der Waals surface area contributed by atoms with Gasteiger partial charge in [-0.1, -0.05) is 29.8 Å². The molecule has 30 heavy (non-hydrogen) atoms. The zero-order valence-electron chi connectivity index (χ0n) is 15.6. The van der Waals surface area contributed by atoms with Gasteiger partial charge in [-0.15, -0.1) is 0 Å². The van der Waals surface area contributed by atoms with Gasteiger partial charge < -0.3 is 14.6 Å². The van der Waals surface area contributed by atoms with E-state index in [1.165, 1.54) is 0 Å². The summed E-state index contributed by atoms with van der Waals surface area (Å²) in [6, 6.07) is 9.69. The van der Waals surface area contributed by atoms with E-state index in [1.807, 2.05) is 0 Å². The molecule has 1 atom stereocenters. The number of fused-ring (bicyclic) bond motifs is 1. The number of H-pyrrole nitrogens is 1. The number of ether oxygens (including phenoxy) is 2. The minimum Gasteiger partial charge on any atom is -0.474 e. The number of benzene rings is 2. The van der Waals surface area contributed by atoms with E-state index < -0.39 is 17.7 Å². The lowest BCUT2D eigenvalue weighted by Crippen LogP contribution is -2.14. The summed E-state index contributed by atoms with van der Waals surface area (Å²) in [4.78, 5) is 8.37. The van der Waals surface area contributed by atoms with Crippen molar-refractivity contribution in [3.8, 4) is 28.9 Å². The molecule has 4 aromatic rings. The molecule has 0 aliphatic rings. The molecule has 2 aromatic carbocycles. The third kappa shape index (κ3) is 4.03. The summed E-state index contributed by atoms with van der Waals surface area (Å²) < 4.78 is 38.1. The Balaban J connectivity index is 1.82. The maximum Gasteiger partial charge on any atom is 0.327 e. The molecule has 0 radical (unpaired) electrons. The van der Waals surface area contributed by atoms with Crippen LogP contribution in [0, 0.1) is 11.6 Å². The van der Waals surface area contributed by atoms with Gasteiger partial charge in [0.25, 0.3) is 0 Å². The van der Waals surface area contributed by atoms with Crippen molar-refractivity contribution in [1.29, 1.82) is 0 Å². The standard InChI is InChI=1S/C20H15ClF2N4O3/c1-10(28)9-29-19-16-17(12-4-2-3-5-13(12)21)26-27-18(16)24-20(25-19)30-15-7-6-11(22)8-14(15)23/h2-8,10,28H,9H2,1H3,(H,24,25,26,27).